The molecule has 0 radical (unpaired) electrons. The standard InChI is InChI=1S/C9H9BrF3NO.ClH/c1-4(14)6-2-5(10)3-7(8(6)15)9(11,12)13;/h2-4,15H,14H2,1H3;1H/t4-;/m0./s1. The Bertz CT molecular complexity index is 382. The zero-order valence-electron chi connectivity index (χ0n) is 8.18. The SMILES string of the molecule is C[C@H](N)c1cc(Br)cc(C(F)(F)F)c1O.Cl. The summed E-state index contributed by atoms with van der Waals surface area (Å²) in [7, 11) is 0. The van der Waals surface area contributed by atoms with Crippen LogP contribution in [0.4, 0.5) is 13.2 Å². The number of benzene rings is 1. The smallest absolute Gasteiger partial charge is 0.420 e. The maximum Gasteiger partial charge on any atom is 0.420 e. The molecule has 0 aromatic heterocycles. The highest BCUT2D eigenvalue weighted by molar-refractivity contribution is 9.10. The summed E-state index contributed by atoms with van der Waals surface area (Å²) >= 11 is 2.94. The first-order chi connectivity index (χ1) is 6.73. The molecule has 0 aliphatic heterocycles. The number of halogens is 5. The lowest BCUT2D eigenvalue weighted by atomic mass is 10.0. The zero-order chi connectivity index (χ0) is 11.8. The van der Waals surface area contributed by atoms with Gasteiger partial charge in [0.2, 0.25) is 0 Å². The maximum absolute atomic E-state index is 12.5. The maximum atomic E-state index is 12.5. The second kappa shape index (κ2) is 5.25. The van der Waals surface area contributed by atoms with Crippen molar-refractivity contribution >= 4 is 28.3 Å². The van der Waals surface area contributed by atoms with E-state index in [1.54, 1.807) is 0 Å². The van der Waals surface area contributed by atoms with Crippen molar-refractivity contribution in [3.63, 3.8) is 0 Å². The Labute approximate surface area is 105 Å². The fraction of sp³-hybridized carbons (Fsp3) is 0.333. The van der Waals surface area contributed by atoms with E-state index in [1.807, 2.05) is 0 Å². The van der Waals surface area contributed by atoms with Gasteiger partial charge in [0.05, 0.1) is 5.56 Å². The summed E-state index contributed by atoms with van der Waals surface area (Å²) in [5.41, 5.74) is 4.43. The Morgan fingerprint density at radius 3 is 2.25 bits per heavy atom. The minimum absolute atomic E-state index is 0. The van der Waals surface area contributed by atoms with Crippen molar-refractivity contribution < 1.29 is 18.3 Å². The van der Waals surface area contributed by atoms with Gasteiger partial charge in [-0.15, -0.1) is 12.4 Å². The van der Waals surface area contributed by atoms with Crippen LogP contribution >= 0.6 is 28.3 Å². The number of aromatic hydroxyl groups is 1. The van der Waals surface area contributed by atoms with E-state index in [-0.39, 0.29) is 22.4 Å². The van der Waals surface area contributed by atoms with Gasteiger partial charge in [0.1, 0.15) is 5.75 Å². The molecule has 16 heavy (non-hydrogen) atoms. The van der Waals surface area contributed by atoms with Gasteiger partial charge in [-0.05, 0) is 19.1 Å². The molecule has 1 atom stereocenters. The molecular formula is C9H10BrClF3NO. The number of hydrogen-bond acceptors (Lipinski definition) is 2. The first kappa shape index (κ1) is 15.5. The molecule has 3 N–H and O–H groups in total. The highest BCUT2D eigenvalue weighted by atomic mass is 79.9. The third-order valence-corrected chi connectivity index (χ3v) is 2.36. The molecule has 92 valence electrons. The van der Waals surface area contributed by atoms with E-state index in [0.29, 0.717) is 0 Å². The molecule has 0 fully saturated rings. The molecule has 0 saturated carbocycles. The average molecular weight is 321 g/mol. The molecule has 0 bridgehead atoms. The van der Waals surface area contributed by atoms with Crippen LogP contribution in [-0.4, -0.2) is 5.11 Å². The number of alkyl halides is 3. The molecular weight excluding hydrogens is 310 g/mol. The van der Waals surface area contributed by atoms with Crippen molar-refractivity contribution in [2.24, 2.45) is 5.73 Å². The van der Waals surface area contributed by atoms with Crippen LogP contribution < -0.4 is 5.73 Å². The minimum Gasteiger partial charge on any atom is -0.507 e. The number of phenols is 1. The summed E-state index contributed by atoms with van der Waals surface area (Å²) in [4.78, 5) is 0. The van der Waals surface area contributed by atoms with E-state index >= 15 is 0 Å². The summed E-state index contributed by atoms with van der Waals surface area (Å²) in [5.74, 6) is -0.805. The van der Waals surface area contributed by atoms with Gasteiger partial charge >= 0.3 is 6.18 Å². The predicted molar refractivity (Wildman–Crippen MR) is 60.7 cm³/mol. The van der Waals surface area contributed by atoms with Crippen molar-refractivity contribution in [3.05, 3.63) is 27.7 Å². The van der Waals surface area contributed by atoms with Gasteiger partial charge < -0.3 is 10.8 Å². The highest BCUT2D eigenvalue weighted by Gasteiger charge is 2.35. The molecule has 1 aromatic carbocycles. The average Bonchev–Trinajstić information content (AvgIpc) is 2.06. The van der Waals surface area contributed by atoms with E-state index in [0.717, 1.165) is 6.07 Å². The van der Waals surface area contributed by atoms with Crippen molar-refractivity contribution in [3.8, 4) is 5.75 Å². The summed E-state index contributed by atoms with van der Waals surface area (Å²) in [6.45, 7) is 1.50. The monoisotopic (exact) mass is 319 g/mol. The van der Waals surface area contributed by atoms with Gasteiger partial charge in [-0.2, -0.15) is 13.2 Å². The largest absolute Gasteiger partial charge is 0.507 e. The van der Waals surface area contributed by atoms with E-state index in [1.165, 1.54) is 13.0 Å². The van der Waals surface area contributed by atoms with Gasteiger partial charge in [0.15, 0.2) is 0 Å². The first-order valence-electron chi connectivity index (χ1n) is 4.08. The second-order valence-electron chi connectivity index (χ2n) is 3.18. The Balaban J connectivity index is 0.00000225. The lowest BCUT2D eigenvalue weighted by molar-refractivity contribution is -0.138. The van der Waals surface area contributed by atoms with Crippen LogP contribution in [0, 0.1) is 0 Å². The predicted octanol–water partition coefficient (Wildman–Crippen LogP) is 3.62. The van der Waals surface area contributed by atoms with Crippen molar-refractivity contribution in [2.75, 3.05) is 0 Å². The third kappa shape index (κ3) is 3.26. The summed E-state index contributed by atoms with van der Waals surface area (Å²) in [6, 6.07) is 1.53. The van der Waals surface area contributed by atoms with E-state index in [4.69, 9.17) is 5.73 Å². The van der Waals surface area contributed by atoms with E-state index < -0.39 is 23.5 Å². The summed E-state index contributed by atoms with van der Waals surface area (Å²) in [6.07, 6.45) is -4.59. The third-order valence-electron chi connectivity index (χ3n) is 1.90. The first-order valence-corrected chi connectivity index (χ1v) is 4.88. The molecule has 0 aliphatic rings. The van der Waals surface area contributed by atoms with Gasteiger partial charge in [0.25, 0.3) is 0 Å². The Kier molecular flexibility index (Phi) is 5.10. The number of hydrogen-bond donors (Lipinski definition) is 2. The molecule has 1 rings (SSSR count). The van der Waals surface area contributed by atoms with Gasteiger partial charge in [-0.25, -0.2) is 0 Å². The van der Waals surface area contributed by atoms with E-state index in [2.05, 4.69) is 15.9 Å². The Morgan fingerprint density at radius 1 is 1.38 bits per heavy atom. The van der Waals surface area contributed by atoms with Gasteiger partial charge in [-0.1, -0.05) is 15.9 Å². The quantitative estimate of drug-likeness (QED) is 0.830. The van der Waals surface area contributed by atoms with Crippen LogP contribution in [0.3, 0.4) is 0 Å². The topological polar surface area (TPSA) is 46.2 Å². The Hall–Kier alpha value is -0.460. The second-order valence-corrected chi connectivity index (χ2v) is 4.09. The molecule has 1 aromatic rings. The van der Waals surface area contributed by atoms with Gasteiger partial charge in [-0.3, -0.25) is 0 Å². The fourth-order valence-electron chi connectivity index (χ4n) is 1.18. The molecule has 0 saturated heterocycles. The van der Waals surface area contributed by atoms with Crippen LogP contribution in [0.5, 0.6) is 5.75 Å². The van der Waals surface area contributed by atoms with Crippen LogP contribution in [-0.2, 0) is 6.18 Å². The number of rotatable bonds is 1. The highest BCUT2D eigenvalue weighted by Crippen LogP contribution is 2.40. The molecule has 0 aliphatic carbocycles. The summed E-state index contributed by atoms with van der Waals surface area (Å²) < 4.78 is 37.6. The van der Waals surface area contributed by atoms with Crippen LogP contribution in [0.2, 0.25) is 0 Å². The Morgan fingerprint density at radius 2 is 1.88 bits per heavy atom. The van der Waals surface area contributed by atoms with Crippen molar-refractivity contribution in [1.29, 1.82) is 0 Å². The van der Waals surface area contributed by atoms with Crippen LogP contribution in [0.1, 0.15) is 24.1 Å². The molecule has 7 heteroatoms. The normalized spacial score (nSPS) is 13.1. The fourth-order valence-corrected chi connectivity index (χ4v) is 1.66. The van der Waals surface area contributed by atoms with E-state index in [9.17, 15) is 18.3 Å². The molecule has 0 spiro atoms. The number of nitrogens with two attached hydrogens (primary N) is 1. The minimum atomic E-state index is -4.59. The van der Waals surface area contributed by atoms with Crippen LogP contribution in [0.25, 0.3) is 0 Å². The summed E-state index contributed by atoms with van der Waals surface area (Å²) in [5, 5.41) is 9.40. The molecule has 0 unspecified atom stereocenters. The zero-order valence-corrected chi connectivity index (χ0v) is 10.6. The number of phenolic OH excluding ortho intramolecular Hbond substituents is 1. The lowest BCUT2D eigenvalue weighted by Crippen LogP contribution is -2.11. The molecule has 0 amide bonds. The van der Waals surface area contributed by atoms with Crippen molar-refractivity contribution in [2.45, 2.75) is 19.1 Å². The van der Waals surface area contributed by atoms with Gasteiger partial charge in [0, 0.05) is 16.1 Å². The van der Waals surface area contributed by atoms with Crippen LogP contribution in [0.15, 0.2) is 16.6 Å². The van der Waals surface area contributed by atoms with Crippen molar-refractivity contribution in [1.82, 2.24) is 0 Å². The molecule has 2 nitrogen and oxygen atoms in total. The molecule has 0 heterocycles. The lowest BCUT2D eigenvalue weighted by Gasteiger charge is -2.15.